The summed E-state index contributed by atoms with van der Waals surface area (Å²) in [4.78, 5) is 18.0. The first-order chi connectivity index (χ1) is 12.2. The lowest BCUT2D eigenvalue weighted by Gasteiger charge is -2.19. The normalized spacial score (nSPS) is 15.5. The third kappa shape index (κ3) is 6.54. The Labute approximate surface area is 154 Å². The fraction of sp³-hybridized carbons (Fsp3) is 0.579. The van der Waals surface area contributed by atoms with E-state index in [1.54, 1.807) is 0 Å². The van der Waals surface area contributed by atoms with Crippen LogP contribution in [0.2, 0.25) is 0 Å². The van der Waals surface area contributed by atoms with Crippen LogP contribution in [-0.4, -0.2) is 48.1 Å². The number of nitrogens with zero attached hydrogens (tertiary/aromatic N) is 2. The van der Waals surface area contributed by atoms with E-state index >= 15 is 0 Å². The largest absolute Gasteiger partial charge is 0.506 e. The van der Waals surface area contributed by atoms with Crippen molar-refractivity contribution in [3.8, 4) is 5.75 Å². The van der Waals surface area contributed by atoms with Gasteiger partial charge in [0.15, 0.2) is 5.96 Å². The van der Waals surface area contributed by atoms with E-state index in [0.717, 1.165) is 19.4 Å². The zero-order chi connectivity index (χ0) is 19.2. The summed E-state index contributed by atoms with van der Waals surface area (Å²) in [7, 11) is 0. The highest BCUT2D eigenvalue weighted by atomic mass is 19.1. The minimum Gasteiger partial charge on any atom is -0.506 e. The van der Waals surface area contributed by atoms with E-state index < -0.39 is 5.82 Å². The van der Waals surface area contributed by atoms with Crippen molar-refractivity contribution in [3.05, 3.63) is 24.0 Å². The molecule has 1 aromatic rings. The third-order valence-electron chi connectivity index (χ3n) is 3.99. The van der Waals surface area contributed by atoms with Crippen LogP contribution in [0, 0.1) is 11.2 Å². The van der Waals surface area contributed by atoms with Crippen molar-refractivity contribution in [2.24, 2.45) is 10.4 Å². The fourth-order valence-electron chi connectivity index (χ4n) is 2.61. The van der Waals surface area contributed by atoms with Crippen LogP contribution in [-0.2, 0) is 4.79 Å². The molecule has 1 fully saturated rings. The molecule has 1 aromatic carbocycles. The molecule has 1 aliphatic rings. The number of benzene rings is 1. The summed E-state index contributed by atoms with van der Waals surface area (Å²) in [6.07, 6.45) is 2.37. The summed E-state index contributed by atoms with van der Waals surface area (Å²) in [5, 5.41) is 16.1. The first-order valence-electron chi connectivity index (χ1n) is 9.06. The highest BCUT2D eigenvalue weighted by Crippen LogP contribution is 2.23. The minimum atomic E-state index is -0.437. The number of hydrogen-bond donors (Lipinski definition) is 3. The van der Waals surface area contributed by atoms with Crippen LogP contribution in [0.1, 0.15) is 40.0 Å². The number of phenolic OH excluding ortho intramolecular Hbond substituents is 1. The second-order valence-corrected chi connectivity index (χ2v) is 7.78. The molecule has 26 heavy (non-hydrogen) atoms. The Morgan fingerprint density at radius 2 is 2.15 bits per heavy atom. The maximum atomic E-state index is 13.4. The second kappa shape index (κ2) is 8.87. The van der Waals surface area contributed by atoms with E-state index in [1.807, 2.05) is 4.90 Å². The molecule has 3 N–H and O–H groups in total. The van der Waals surface area contributed by atoms with E-state index in [9.17, 15) is 14.3 Å². The van der Waals surface area contributed by atoms with Gasteiger partial charge in [-0.1, -0.05) is 20.8 Å². The van der Waals surface area contributed by atoms with Crippen LogP contribution in [0.25, 0.3) is 0 Å². The molecule has 0 bridgehead atoms. The van der Waals surface area contributed by atoms with Crippen molar-refractivity contribution in [2.45, 2.75) is 40.0 Å². The molecule has 1 amide bonds. The van der Waals surface area contributed by atoms with Crippen molar-refractivity contribution >= 4 is 17.6 Å². The number of amides is 1. The maximum Gasteiger partial charge on any atom is 0.222 e. The van der Waals surface area contributed by atoms with E-state index in [0.29, 0.717) is 32.0 Å². The quantitative estimate of drug-likeness (QED) is 0.314. The molecule has 0 saturated carbocycles. The first kappa shape index (κ1) is 20.0. The van der Waals surface area contributed by atoms with Crippen LogP contribution >= 0.6 is 0 Å². The molecule has 0 unspecified atom stereocenters. The molecular formula is C19H29FN4O2. The van der Waals surface area contributed by atoms with Gasteiger partial charge in [0.05, 0.1) is 5.69 Å². The van der Waals surface area contributed by atoms with E-state index in [-0.39, 0.29) is 22.8 Å². The summed E-state index contributed by atoms with van der Waals surface area (Å²) >= 11 is 0. The summed E-state index contributed by atoms with van der Waals surface area (Å²) in [6.45, 7) is 8.97. The zero-order valence-corrected chi connectivity index (χ0v) is 15.8. The van der Waals surface area contributed by atoms with Crippen molar-refractivity contribution in [1.82, 2.24) is 10.2 Å². The summed E-state index contributed by atoms with van der Waals surface area (Å²) in [6, 6.07) is 3.73. The van der Waals surface area contributed by atoms with Crippen molar-refractivity contribution in [2.75, 3.05) is 31.5 Å². The number of halogens is 1. The maximum absolute atomic E-state index is 13.4. The Morgan fingerprint density at radius 1 is 1.38 bits per heavy atom. The van der Waals surface area contributed by atoms with Gasteiger partial charge >= 0.3 is 0 Å². The van der Waals surface area contributed by atoms with Crippen molar-refractivity contribution in [3.63, 3.8) is 0 Å². The number of rotatable bonds is 6. The lowest BCUT2D eigenvalue weighted by molar-refractivity contribution is -0.127. The van der Waals surface area contributed by atoms with Gasteiger partial charge in [-0.15, -0.1) is 0 Å². The Balaban J connectivity index is 1.94. The Bertz CT molecular complexity index is 655. The predicted molar refractivity (Wildman–Crippen MR) is 102 cm³/mol. The molecule has 0 atom stereocenters. The number of aliphatic imine (C=N–C) groups is 1. The molecule has 0 aromatic heterocycles. The van der Waals surface area contributed by atoms with E-state index in [4.69, 9.17) is 0 Å². The van der Waals surface area contributed by atoms with Crippen molar-refractivity contribution in [1.29, 1.82) is 0 Å². The van der Waals surface area contributed by atoms with E-state index in [1.165, 1.54) is 18.2 Å². The summed E-state index contributed by atoms with van der Waals surface area (Å²) in [5.74, 6) is 0.218. The number of nitrogens with one attached hydrogen (secondary N) is 2. The smallest absolute Gasteiger partial charge is 0.222 e. The van der Waals surface area contributed by atoms with Gasteiger partial charge in [-0.25, -0.2) is 4.39 Å². The molecule has 1 saturated heterocycles. The number of hydrogen-bond acceptors (Lipinski definition) is 3. The highest BCUT2D eigenvalue weighted by Gasteiger charge is 2.19. The summed E-state index contributed by atoms with van der Waals surface area (Å²) < 4.78 is 13.4. The number of phenols is 1. The Hall–Kier alpha value is -2.31. The van der Waals surface area contributed by atoms with Gasteiger partial charge in [0.25, 0.3) is 0 Å². The molecule has 6 nitrogen and oxygen atoms in total. The number of carbonyl (C=O) groups excluding carboxylic acids is 1. The third-order valence-corrected chi connectivity index (χ3v) is 3.99. The number of guanidine groups is 1. The van der Waals surface area contributed by atoms with Crippen molar-refractivity contribution < 1.29 is 14.3 Å². The molecule has 1 aliphatic heterocycles. The highest BCUT2D eigenvalue weighted by molar-refractivity contribution is 5.94. The van der Waals surface area contributed by atoms with Crippen LogP contribution in [0.4, 0.5) is 10.1 Å². The molecular weight excluding hydrogens is 335 g/mol. The number of carbonyl (C=O) groups is 1. The lowest BCUT2D eigenvalue weighted by atomic mass is 9.97. The predicted octanol–water partition coefficient (Wildman–Crippen LogP) is 2.95. The number of likely N-dealkylation sites (tertiary alicyclic amines) is 1. The van der Waals surface area contributed by atoms with Gasteiger partial charge < -0.3 is 20.6 Å². The van der Waals surface area contributed by atoms with Gasteiger partial charge in [0.2, 0.25) is 5.91 Å². The van der Waals surface area contributed by atoms with Gasteiger partial charge in [-0.2, -0.15) is 0 Å². The van der Waals surface area contributed by atoms with Gasteiger partial charge in [-0.3, -0.25) is 9.79 Å². The average molecular weight is 364 g/mol. The Morgan fingerprint density at radius 3 is 2.81 bits per heavy atom. The lowest BCUT2D eigenvalue weighted by Crippen LogP contribution is -2.35. The second-order valence-electron chi connectivity index (χ2n) is 7.78. The standard InChI is InChI=1S/C19H29FN4O2/c1-19(2,3)13-22-18(23-15-12-14(20)7-8-16(15)25)21-9-5-11-24-10-4-6-17(24)26/h7-8,12,25H,4-6,9-11,13H2,1-3H3,(H2,21,22,23). The molecule has 7 heteroatoms. The monoisotopic (exact) mass is 364 g/mol. The van der Waals surface area contributed by atoms with Crippen LogP contribution < -0.4 is 10.6 Å². The van der Waals surface area contributed by atoms with Crippen LogP contribution in [0.15, 0.2) is 23.2 Å². The Kier molecular flexibility index (Phi) is 6.83. The first-order valence-corrected chi connectivity index (χ1v) is 9.06. The SMILES string of the molecule is CC(C)(C)CN=C(NCCCN1CCCC1=O)Nc1cc(F)ccc1O. The molecule has 2 rings (SSSR count). The van der Waals surface area contributed by atoms with E-state index in [2.05, 4.69) is 36.4 Å². The molecule has 0 spiro atoms. The zero-order valence-electron chi connectivity index (χ0n) is 15.8. The molecule has 0 radical (unpaired) electrons. The van der Waals surface area contributed by atoms with Gasteiger partial charge in [-0.05, 0) is 30.4 Å². The average Bonchev–Trinajstić information content (AvgIpc) is 2.96. The van der Waals surface area contributed by atoms with Gasteiger partial charge in [0, 0.05) is 38.7 Å². The molecule has 1 heterocycles. The fourth-order valence-corrected chi connectivity index (χ4v) is 2.61. The van der Waals surface area contributed by atoms with Crippen LogP contribution in [0.3, 0.4) is 0 Å². The molecule has 144 valence electrons. The van der Waals surface area contributed by atoms with Crippen LogP contribution in [0.5, 0.6) is 5.75 Å². The summed E-state index contributed by atoms with van der Waals surface area (Å²) in [5.41, 5.74) is 0.264. The number of aromatic hydroxyl groups is 1. The molecule has 0 aliphatic carbocycles. The topological polar surface area (TPSA) is 77.0 Å². The van der Waals surface area contributed by atoms with Gasteiger partial charge in [0.1, 0.15) is 11.6 Å². The number of anilines is 1. The minimum absolute atomic E-state index is 0.000558.